The third-order valence-electron chi connectivity index (χ3n) is 3.87. The molecule has 138 valence electrons. The number of carbonyl (C=O) groups excluding carboxylic acids is 3. The molecule has 3 amide bonds. The molecule has 0 spiro atoms. The van der Waals surface area contributed by atoms with Crippen LogP contribution in [0.3, 0.4) is 0 Å². The molecule has 0 saturated heterocycles. The molecule has 8 nitrogen and oxygen atoms in total. The summed E-state index contributed by atoms with van der Waals surface area (Å²) in [6.45, 7) is -0.206. The Morgan fingerprint density at radius 3 is 2.52 bits per heavy atom. The van der Waals surface area contributed by atoms with E-state index in [0.717, 1.165) is 10.9 Å². The lowest BCUT2D eigenvalue weighted by Gasteiger charge is -2.09. The Kier molecular flexibility index (Phi) is 5.36. The fourth-order valence-electron chi connectivity index (χ4n) is 2.51. The van der Waals surface area contributed by atoms with E-state index >= 15 is 0 Å². The van der Waals surface area contributed by atoms with E-state index in [-0.39, 0.29) is 6.54 Å². The molecule has 0 radical (unpaired) electrons. The molecule has 4 N–H and O–H groups in total. The second-order valence-corrected chi connectivity index (χ2v) is 5.66. The van der Waals surface area contributed by atoms with Crippen molar-refractivity contribution >= 4 is 40.2 Å². The van der Waals surface area contributed by atoms with E-state index in [0.29, 0.717) is 16.9 Å². The van der Waals surface area contributed by atoms with Crippen LogP contribution in [-0.2, 0) is 9.53 Å². The zero-order valence-corrected chi connectivity index (χ0v) is 14.5. The third kappa shape index (κ3) is 4.43. The fourth-order valence-corrected chi connectivity index (χ4v) is 2.51. The number of aromatic amines is 1. The molecule has 0 aliphatic heterocycles. The number of fused-ring (bicyclic) bond motifs is 1. The van der Waals surface area contributed by atoms with Gasteiger partial charge in [0.2, 0.25) is 0 Å². The lowest BCUT2D eigenvalue weighted by atomic mass is 10.2. The van der Waals surface area contributed by atoms with Gasteiger partial charge in [0.1, 0.15) is 6.54 Å². The van der Waals surface area contributed by atoms with Crippen LogP contribution < -0.4 is 16.0 Å². The Balaban J connectivity index is 1.59. The quantitative estimate of drug-likeness (QED) is 0.520. The van der Waals surface area contributed by atoms with Crippen molar-refractivity contribution in [3.8, 4) is 0 Å². The van der Waals surface area contributed by atoms with Crippen LogP contribution in [0, 0.1) is 0 Å². The maximum atomic E-state index is 12.2. The van der Waals surface area contributed by atoms with Crippen molar-refractivity contribution in [2.24, 2.45) is 0 Å². The van der Waals surface area contributed by atoms with Gasteiger partial charge in [-0.2, -0.15) is 0 Å². The van der Waals surface area contributed by atoms with Crippen LogP contribution in [0.15, 0.2) is 54.7 Å². The Hall–Kier alpha value is -3.81. The van der Waals surface area contributed by atoms with Gasteiger partial charge < -0.3 is 25.7 Å². The van der Waals surface area contributed by atoms with Crippen molar-refractivity contribution in [2.45, 2.75) is 0 Å². The number of esters is 1. The third-order valence-corrected chi connectivity index (χ3v) is 3.87. The number of aromatic nitrogens is 1. The molecule has 0 unspecified atom stereocenters. The van der Waals surface area contributed by atoms with E-state index in [1.807, 2.05) is 24.3 Å². The zero-order valence-electron chi connectivity index (χ0n) is 14.5. The van der Waals surface area contributed by atoms with Gasteiger partial charge in [0.15, 0.2) is 0 Å². The Bertz CT molecular complexity index is 979. The monoisotopic (exact) mass is 366 g/mol. The lowest BCUT2D eigenvalue weighted by Crippen LogP contribution is -2.30. The maximum Gasteiger partial charge on any atom is 0.325 e. The van der Waals surface area contributed by atoms with Crippen molar-refractivity contribution in [1.82, 2.24) is 10.3 Å². The van der Waals surface area contributed by atoms with E-state index < -0.39 is 17.9 Å². The first kappa shape index (κ1) is 18.0. The van der Waals surface area contributed by atoms with Crippen molar-refractivity contribution in [3.05, 3.63) is 60.3 Å². The number of benzene rings is 2. The summed E-state index contributed by atoms with van der Waals surface area (Å²) in [5.74, 6) is -0.939. The van der Waals surface area contributed by atoms with Gasteiger partial charge in [-0.15, -0.1) is 0 Å². The maximum absolute atomic E-state index is 12.2. The average molecular weight is 366 g/mol. The van der Waals surface area contributed by atoms with Crippen LogP contribution in [0.1, 0.15) is 10.4 Å². The van der Waals surface area contributed by atoms with Crippen LogP contribution in [-0.4, -0.2) is 36.5 Å². The summed E-state index contributed by atoms with van der Waals surface area (Å²) in [5, 5.41) is 8.85. The number of rotatable bonds is 5. The molecule has 3 rings (SSSR count). The van der Waals surface area contributed by atoms with Crippen molar-refractivity contribution in [2.75, 3.05) is 24.3 Å². The summed E-state index contributed by atoms with van der Waals surface area (Å²) in [4.78, 5) is 38.3. The molecule has 27 heavy (non-hydrogen) atoms. The van der Waals surface area contributed by atoms with E-state index in [4.69, 9.17) is 0 Å². The number of hydrogen-bond acceptors (Lipinski definition) is 4. The summed E-state index contributed by atoms with van der Waals surface area (Å²) in [6, 6.07) is 13.4. The Labute approximate surface area is 154 Å². The minimum Gasteiger partial charge on any atom is -0.468 e. The predicted molar refractivity (Wildman–Crippen MR) is 102 cm³/mol. The zero-order chi connectivity index (χ0) is 19.2. The van der Waals surface area contributed by atoms with Gasteiger partial charge in [-0.1, -0.05) is 6.07 Å². The molecular weight excluding hydrogens is 348 g/mol. The van der Waals surface area contributed by atoms with E-state index in [1.165, 1.54) is 7.11 Å². The molecule has 8 heteroatoms. The highest BCUT2D eigenvalue weighted by molar-refractivity contribution is 6.06. The number of nitrogens with one attached hydrogen (secondary N) is 4. The molecule has 0 saturated carbocycles. The summed E-state index contributed by atoms with van der Waals surface area (Å²) < 4.78 is 4.46. The van der Waals surface area contributed by atoms with Gasteiger partial charge in [0.05, 0.1) is 12.8 Å². The number of urea groups is 1. The number of hydrogen-bond donors (Lipinski definition) is 4. The molecule has 0 atom stereocenters. The first-order valence-corrected chi connectivity index (χ1v) is 8.16. The number of methoxy groups -OCH3 is 1. The Morgan fingerprint density at radius 1 is 1.00 bits per heavy atom. The van der Waals surface area contributed by atoms with E-state index in [2.05, 4.69) is 25.7 Å². The summed E-state index contributed by atoms with van der Waals surface area (Å²) in [7, 11) is 1.25. The molecule has 0 aliphatic carbocycles. The second kappa shape index (κ2) is 8.05. The largest absolute Gasteiger partial charge is 0.468 e. The fraction of sp³-hybridized carbons (Fsp3) is 0.105. The number of amides is 3. The van der Waals surface area contributed by atoms with Crippen LogP contribution in [0.4, 0.5) is 16.2 Å². The smallest absolute Gasteiger partial charge is 0.325 e. The first-order chi connectivity index (χ1) is 13.1. The second-order valence-electron chi connectivity index (χ2n) is 5.66. The van der Waals surface area contributed by atoms with Gasteiger partial charge >= 0.3 is 12.0 Å². The minimum atomic E-state index is -0.532. The number of ether oxygens (including phenoxy) is 1. The molecule has 0 aliphatic rings. The number of anilines is 2. The minimum absolute atomic E-state index is 0.206. The highest BCUT2D eigenvalue weighted by Crippen LogP contribution is 2.22. The number of H-pyrrole nitrogens is 1. The summed E-state index contributed by atoms with van der Waals surface area (Å²) in [5.41, 5.74) is 2.50. The van der Waals surface area contributed by atoms with E-state index in [9.17, 15) is 14.4 Å². The van der Waals surface area contributed by atoms with Crippen LogP contribution in [0.2, 0.25) is 0 Å². The lowest BCUT2D eigenvalue weighted by molar-refractivity contribution is -0.139. The summed E-state index contributed by atoms with van der Waals surface area (Å²) >= 11 is 0. The molecule has 3 aromatic rings. The molecule has 0 fully saturated rings. The number of carbonyl (C=O) groups is 3. The predicted octanol–water partition coefficient (Wildman–Crippen LogP) is 2.71. The van der Waals surface area contributed by atoms with Crippen LogP contribution in [0.25, 0.3) is 10.9 Å². The normalized spacial score (nSPS) is 10.3. The van der Waals surface area contributed by atoms with Crippen LogP contribution >= 0.6 is 0 Å². The standard InChI is InChI=1S/C19H18N4O4/c1-27-17(24)11-21-18(25)12-5-7-13(8-6-12)22-19(26)23-16-4-2-3-15-14(16)9-10-20-15/h2-10,20H,11H2,1H3,(H,21,25)(H2,22,23,26). The average Bonchev–Trinajstić information content (AvgIpc) is 3.16. The van der Waals surface area contributed by atoms with Crippen molar-refractivity contribution in [3.63, 3.8) is 0 Å². The van der Waals surface area contributed by atoms with Crippen LogP contribution in [0.5, 0.6) is 0 Å². The van der Waals surface area contributed by atoms with E-state index in [1.54, 1.807) is 30.5 Å². The highest BCUT2D eigenvalue weighted by atomic mass is 16.5. The molecule has 0 bridgehead atoms. The van der Waals surface area contributed by atoms with Crippen molar-refractivity contribution in [1.29, 1.82) is 0 Å². The molecule has 1 aromatic heterocycles. The van der Waals surface area contributed by atoms with Gasteiger partial charge in [-0.3, -0.25) is 9.59 Å². The van der Waals surface area contributed by atoms with Gasteiger partial charge in [0.25, 0.3) is 5.91 Å². The topological polar surface area (TPSA) is 112 Å². The van der Waals surface area contributed by atoms with Gasteiger partial charge in [0, 0.05) is 28.4 Å². The van der Waals surface area contributed by atoms with Gasteiger partial charge in [-0.05, 0) is 42.5 Å². The molecule has 1 heterocycles. The molecule has 2 aromatic carbocycles. The SMILES string of the molecule is COC(=O)CNC(=O)c1ccc(NC(=O)Nc2cccc3[nH]ccc23)cc1. The Morgan fingerprint density at radius 2 is 1.78 bits per heavy atom. The van der Waals surface area contributed by atoms with Crippen molar-refractivity contribution < 1.29 is 19.1 Å². The summed E-state index contributed by atoms with van der Waals surface area (Å²) in [6.07, 6.45) is 1.80. The van der Waals surface area contributed by atoms with Gasteiger partial charge in [-0.25, -0.2) is 4.79 Å². The highest BCUT2D eigenvalue weighted by Gasteiger charge is 2.09. The first-order valence-electron chi connectivity index (χ1n) is 8.16. The molecular formula is C19H18N4O4.